The van der Waals surface area contributed by atoms with E-state index in [0.717, 1.165) is 27.7 Å². The molecule has 1 aliphatic carbocycles. The number of aromatic nitrogens is 1. The van der Waals surface area contributed by atoms with Crippen molar-refractivity contribution in [1.29, 1.82) is 0 Å². The second kappa shape index (κ2) is 6.82. The monoisotopic (exact) mass is 399 g/mol. The molecule has 0 radical (unpaired) electrons. The molecule has 0 amide bonds. The van der Waals surface area contributed by atoms with Crippen LogP contribution in [0.2, 0.25) is 0 Å². The largest absolute Gasteiger partial charge is 0.276 e. The predicted octanol–water partition coefficient (Wildman–Crippen LogP) is 6.46. The Kier molecular flexibility index (Phi) is 3.94. The molecular weight excluding hydrogens is 378 g/mol. The van der Waals surface area contributed by atoms with Gasteiger partial charge in [-0.15, -0.1) is 0 Å². The van der Waals surface area contributed by atoms with Crippen LogP contribution >= 0.6 is 0 Å². The number of fused-ring (bicyclic) bond motifs is 5. The van der Waals surface area contributed by atoms with Gasteiger partial charge in [0.2, 0.25) is 0 Å². The number of hydrogen-bond donors (Lipinski definition) is 0. The fourth-order valence-corrected chi connectivity index (χ4v) is 4.98. The van der Waals surface area contributed by atoms with Gasteiger partial charge in [0.1, 0.15) is 0 Å². The fraction of sp³-hybridized carbons (Fsp3) is 0.0690. The Morgan fingerprint density at radius 1 is 0.677 bits per heavy atom. The first-order chi connectivity index (χ1) is 15.2. The third kappa shape index (κ3) is 2.62. The van der Waals surface area contributed by atoms with Gasteiger partial charge in [-0.25, -0.2) is 0 Å². The van der Waals surface area contributed by atoms with Crippen LogP contribution in [0.25, 0.3) is 27.7 Å². The Labute approximate surface area is 181 Å². The topological polar surface area (TPSA) is 22.0 Å². The van der Waals surface area contributed by atoms with E-state index in [1.807, 2.05) is 34.9 Å². The van der Waals surface area contributed by atoms with Gasteiger partial charge in [-0.3, -0.25) is 9.36 Å². The first kappa shape index (κ1) is 17.9. The molecule has 1 unspecified atom stereocenters. The molecule has 2 nitrogen and oxygen atoms in total. The standard InChI is InChI=1S/C29H21NO/c1-19-15-17-21(18-16-19)30-28-24-13-7-5-11-22(24)26(20-9-3-2-4-10-20)27(28)23-12-6-8-14-25(23)29(30)31/h2-18,26H,1H3. The van der Waals surface area contributed by atoms with E-state index in [2.05, 4.69) is 79.7 Å². The summed E-state index contributed by atoms with van der Waals surface area (Å²) in [6.07, 6.45) is 0. The number of hydrogen-bond acceptors (Lipinski definition) is 1. The van der Waals surface area contributed by atoms with Crippen molar-refractivity contribution in [2.45, 2.75) is 12.8 Å². The Balaban J connectivity index is 1.81. The van der Waals surface area contributed by atoms with Gasteiger partial charge in [-0.2, -0.15) is 0 Å². The molecule has 0 spiro atoms. The highest BCUT2D eigenvalue weighted by atomic mass is 16.1. The van der Waals surface area contributed by atoms with Crippen LogP contribution in [0.4, 0.5) is 0 Å². The maximum atomic E-state index is 13.8. The number of rotatable bonds is 2. The van der Waals surface area contributed by atoms with Crippen molar-refractivity contribution >= 4 is 10.8 Å². The number of benzene rings is 4. The zero-order chi connectivity index (χ0) is 20.9. The minimum absolute atomic E-state index is 0.0294. The summed E-state index contributed by atoms with van der Waals surface area (Å²) in [5, 5.41) is 1.80. The SMILES string of the molecule is Cc1ccc(-n2c3c(c4ccccc4c2=O)C(c2ccccc2)c2ccccc2-3)cc1. The van der Waals surface area contributed by atoms with Crippen molar-refractivity contribution in [2.24, 2.45) is 0 Å². The summed E-state index contributed by atoms with van der Waals surface area (Å²) in [4.78, 5) is 13.8. The fourth-order valence-electron chi connectivity index (χ4n) is 4.98. The molecule has 0 aliphatic heterocycles. The maximum absolute atomic E-state index is 13.8. The summed E-state index contributed by atoms with van der Waals surface area (Å²) in [6, 6.07) is 35.4. The molecule has 2 heteroatoms. The second-order valence-corrected chi connectivity index (χ2v) is 8.21. The third-order valence-corrected chi connectivity index (χ3v) is 6.37. The molecule has 0 N–H and O–H groups in total. The summed E-state index contributed by atoms with van der Waals surface area (Å²) in [6.45, 7) is 2.07. The minimum atomic E-state index is 0.0294. The predicted molar refractivity (Wildman–Crippen MR) is 127 cm³/mol. The summed E-state index contributed by atoms with van der Waals surface area (Å²) < 4.78 is 1.92. The van der Waals surface area contributed by atoms with Crippen LogP contribution in [0, 0.1) is 6.92 Å². The number of nitrogens with zero attached hydrogens (tertiary/aromatic N) is 1. The lowest BCUT2D eigenvalue weighted by Crippen LogP contribution is -2.21. The molecule has 0 fully saturated rings. The zero-order valence-electron chi connectivity index (χ0n) is 17.2. The first-order valence-corrected chi connectivity index (χ1v) is 10.6. The van der Waals surface area contributed by atoms with Crippen LogP contribution in [0.1, 0.15) is 28.2 Å². The van der Waals surface area contributed by atoms with E-state index >= 15 is 0 Å². The van der Waals surface area contributed by atoms with Gasteiger partial charge in [0, 0.05) is 22.6 Å². The molecular formula is C29H21NO. The lowest BCUT2D eigenvalue weighted by atomic mass is 9.87. The highest BCUT2D eigenvalue weighted by molar-refractivity contribution is 5.96. The van der Waals surface area contributed by atoms with Crippen molar-refractivity contribution in [3.05, 3.63) is 136 Å². The van der Waals surface area contributed by atoms with Crippen molar-refractivity contribution in [2.75, 3.05) is 0 Å². The normalized spacial score (nSPS) is 14.4. The molecule has 1 atom stereocenters. The molecule has 1 aliphatic rings. The molecule has 6 rings (SSSR count). The van der Waals surface area contributed by atoms with E-state index in [1.165, 1.54) is 22.3 Å². The van der Waals surface area contributed by atoms with Crippen LogP contribution in [0.15, 0.2) is 108 Å². The molecule has 4 aromatic carbocycles. The molecule has 1 heterocycles. The molecule has 0 saturated heterocycles. The van der Waals surface area contributed by atoms with Crippen molar-refractivity contribution in [3.63, 3.8) is 0 Å². The van der Waals surface area contributed by atoms with Gasteiger partial charge in [0.25, 0.3) is 5.56 Å². The van der Waals surface area contributed by atoms with E-state index < -0.39 is 0 Å². The molecule has 1 aromatic heterocycles. The minimum Gasteiger partial charge on any atom is -0.276 e. The van der Waals surface area contributed by atoms with Crippen LogP contribution in [0.5, 0.6) is 0 Å². The summed E-state index contributed by atoms with van der Waals surface area (Å²) in [7, 11) is 0. The average molecular weight is 399 g/mol. The van der Waals surface area contributed by atoms with Gasteiger partial charge in [-0.05, 0) is 47.2 Å². The maximum Gasteiger partial charge on any atom is 0.263 e. The lowest BCUT2D eigenvalue weighted by molar-refractivity contribution is 0.979. The van der Waals surface area contributed by atoms with Gasteiger partial charge < -0.3 is 0 Å². The van der Waals surface area contributed by atoms with Gasteiger partial charge in [0.15, 0.2) is 0 Å². The average Bonchev–Trinajstić information content (AvgIpc) is 3.16. The van der Waals surface area contributed by atoms with E-state index in [4.69, 9.17) is 0 Å². The molecule has 31 heavy (non-hydrogen) atoms. The highest BCUT2D eigenvalue weighted by Crippen LogP contribution is 2.50. The van der Waals surface area contributed by atoms with Gasteiger partial charge >= 0.3 is 0 Å². The van der Waals surface area contributed by atoms with E-state index in [0.29, 0.717) is 0 Å². The number of aryl methyl sites for hydroxylation is 1. The van der Waals surface area contributed by atoms with Crippen molar-refractivity contribution < 1.29 is 0 Å². The van der Waals surface area contributed by atoms with E-state index in [9.17, 15) is 4.79 Å². The molecule has 5 aromatic rings. The zero-order valence-corrected chi connectivity index (χ0v) is 17.2. The molecule has 148 valence electrons. The van der Waals surface area contributed by atoms with E-state index in [-0.39, 0.29) is 11.5 Å². The Morgan fingerprint density at radius 3 is 2.10 bits per heavy atom. The summed E-state index contributed by atoms with van der Waals surface area (Å²) >= 11 is 0. The van der Waals surface area contributed by atoms with Crippen molar-refractivity contribution in [3.8, 4) is 16.9 Å². The second-order valence-electron chi connectivity index (χ2n) is 8.21. The smallest absolute Gasteiger partial charge is 0.263 e. The summed E-state index contributed by atoms with van der Waals surface area (Å²) in [5.74, 6) is 0.0922. The Morgan fingerprint density at radius 2 is 1.32 bits per heavy atom. The Bertz CT molecular complexity index is 1490. The van der Waals surface area contributed by atoms with Crippen LogP contribution in [0.3, 0.4) is 0 Å². The highest BCUT2D eigenvalue weighted by Gasteiger charge is 2.34. The lowest BCUT2D eigenvalue weighted by Gasteiger charge is -2.19. The van der Waals surface area contributed by atoms with Crippen LogP contribution in [-0.2, 0) is 0 Å². The first-order valence-electron chi connectivity index (χ1n) is 10.6. The van der Waals surface area contributed by atoms with Gasteiger partial charge in [-0.1, -0.05) is 90.5 Å². The quantitative estimate of drug-likeness (QED) is 0.327. The van der Waals surface area contributed by atoms with E-state index in [1.54, 1.807) is 0 Å². The van der Waals surface area contributed by atoms with Crippen LogP contribution in [-0.4, -0.2) is 4.57 Å². The molecule has 0 bridgehead atoms. The van der Waals surface area contributed by atoms with Gasteiger partial charge in [0.05, 0.1) is 5.69 Å². The number of pyridine rings is 1. The van der Waals surface area contributed by atoms with Crippen molar-refractivity contribution in [1.82, 2.24) is 4.57 Å². The van der Waals surface area contributed by atoms with Crippen LogP contribution < -0.4 is 5.56 Å². The molecule has 0 saturated carbocycles. The summed E-state index contributed by atoms with van der Waals surface area (Å²) in [5.41, 5.74) is 7.96. The Hall–Kier alpha value is -3.91. The third-order valence-electron chi connectivity index (χ3n) is 6.37.